The molecule has 1 aromatic heterocycles. The lowest BCUT2D eigenvalue weighted by Gasteiger charge is -2.12. The van der Waals surface area contributed by atoms with Crippen LogP contribution in [0.1, 0.15) is 16.7 Å². The molecule has 0 radical (unpaired) electrons. The summed E-state index contributed by atoms with van der Waals surface area (Å²) in [6.07, 6.45) is 3.14. The van der Waals surface area contributed by atoms with Gasteiger partial charge in [0, 0.05) is 24.5 Å². The van der Waals surface area contributed by atoms with Gasteiger partial charge in [-0.3, -0.25) is 4.79 Å². The van der Waals surface area contributed by atoms with E-state index in [0.717, 1.165) is 33.2 Å². The van der Waals surface area contributed by atoms with Crippen molar-refractivity contribution in [2.24, 2.45) is 5.73 Å². The third kappa shape index (κ3) is 4.18. The van der Waals surface area contributed by atoms with Gasteiger partial charge in [0.25, 0.3) is 0 Å². The second kappa shape index (κ2) is 7.50. The molecule has 4 rings (SSSR count). The molecule has 1 aliphatic rings. The van der Waals surface area contributed by atoms with Gasteiger partial charge in [-0.2, -0.15) is 0 Å². The Morgan fingerprint density at radius 3 is 2.89 bits per heavy atom. The standard InChI is InChI=1S/C21H22N4OS/c1-13-2-4-14(5-3-13)8-17(22)11-23-21-24-12-19(27-21)15-6-7-18-16(9-15)10-20(26)25-18/h2-7,9,12,17H,8,10-11,22H2,1H3,(H,23,24)(H,25,26)/t17-/m1/s1. The maximum absolute atomic E-state index is 11.5. The molecule has 0 unspecified atom stereocenters. The molecule has 6 heteroatoms. The van der Waals surface area contributed by atoms with Crippen LogP contribution in [0.2, 0.25) is 0 Å². The van der Waals surface area contributed by atoms with Crippen LogP contribution in [-0.2, 0) is 17.6 Å². The topological polar surface area (TPSA) is 80.0 Å². The van der Waals surface area contributed by atoms with Crippen LogP contribution in [0, 0.1) is 6.92 Å². The smallest absolute Gasteiger partial charge is 0.228 e. The number of hydrogen-bond acceptors (Lipinski definition) is 5. The van der Waals surface area contributed by atoms with Crippen LogP contribution in [0.25, 0.3) is 10.4 Å². The highest BCUT2D eigenvalue weighted by molar-refractivity contribution is 7.18. The normalized spacial score (nSPS) is 13.9. The van der Waals surface area contributed by atoms with E-state index < -0.39 is 0 Å². The lowest BCUT2D eigenvalue weighted by atomic mass is 10.1. The molecule has 0 saturated heterocycles. The fourth-order valence-corrected chi connectivity index (χ4v) is 4.01. The summed E-state index contributed by atoms with van der Waals surface area (Å²) in [5.74, 6) is 0.0522. The minimum atomic E-state index is 0.0251. The molecule has 138 valence electrons. The van der Waals surface area contributed by atoms with Gasteiger partial charge in [-0.15, -0.1) is 0 Å². The number of amides is 1. The number of anilines is 2. The quantitative estimate of drug-likeness (QED) is 0.612. The maximum atomic E-state index is 11.5. The predicted octanol–water partition coefficient (Wildman–Crippen LogP) is 3.60. The maximum Gasteiger partial charge on any atom is 0.228 e. The summed E-state index contributed by atoms with van der Waals surface area (Å²) >= 11 is 1.60. The van der Waals surface area contributed by atoms with E-state index in [-0.39, 0.29) is 11.9 Å². The average molecular weight is 379 g/mol. The first-order valence-corrected chi connectivity index (χ1v) is 9.82. The summed E-state index contributed by atoms with van der Waals surface area (Å²) in [6.45, 7) is 2.75. The fraction of sp³-hybridized carbons (Fsp3) is 0.238. The first-order valence-electron chi connectivity index (χ1n) is 9.01. The highest BCUT2D eigenvalue weighted by Crippen LogP contribution is 2.33. The molecule has 0 bridgehead atoms. The van der Waals surface area contributed by atoms with E-state index in [1.807, 2.05) is 18.3 Å². The van der Waals surface area contributed by atoms with Crippen molar-refractivity contribution in [3.8, 4) is 10.4 Å². The molecule has 1 aliphatic heterocycles. The number of aryl methyl sites for hydroxylation is 1. The van der Waals surface area contributed by atoms with Crippen molar-refractivity contribution in [2.75, 3.05) is 17.2 Å². The van der Waals surface area contributed by atoms with Crippen molar-refractivity contribution in [3.63, 3.8) is 0 Å². The van der Waals surface area contributed by atoms with Gasteiger partial charge in [0.05, 0.1) is 11.3 Å². The molecule has 0 fully saturated rings. The SMILES string of the molecule is Cc1ccc(C[C@@H](N)CNc2ncc(-c3ccc4c(c3)CC(=O)N4)s2)cc1. The van der Waals surface area contributed by atoms with Gasteiger partial charge in [0.2, 0.25) is 5.91 Å². The second-order valence-electron chi connectivity index (χ2n) is 6.96. The molecule has 1 atom stereocenters. The first kappa shape index (κ1) is 17.7. The van der Waals surface area contributed by atoms with E-state index >= 15 is 0 Å². The fourth-order valence-electron chi connectivity index (χ4n) is 3.19. The van der Waals surface area contributed by atoms with Gasteiger partial charge < -0.3 is 16.4 Å². The molecule has 27 heavy (non-hydrogen) atoms. The molecule has 3 aromatic rings. The number of rotatable bonds is 6. The summed E-state index contributed by atoms with van der Waals surface area (Å²) < 4.78 is 0. The number of hydrogen-bond donors (Lipinski definition) is 3. The molecule has 2 heterocycles. The Bertz CT molecular complexity index is 965. The molecule has 2 aromatic carbocycles. The minimum absolute atomic E-state index is 0.0251. The summed E-state index contributed by atoms with van der Waals surface area (Å²) in [4.78, 5) is 17.0. The summed E-state index contributed by atoms with van der Waals surface area (Å²) in [7, 11) is 0. The minimum Gasteiger partial charge on any atom is -0.360 e. The van der Waals surface area contributed by atoms with Gasteiger partial charge in [0.1, 0.15) is 0 Å². The Hall–Kier alpha value is -2.70. The first-order chi connectivity index (χ1) is 13.1. The Morgan fingerprint density at radius 1 is 1.26 bits per heavy atom. The van der Waals surface area contributed by atoms with Crippen LogP contribution in [0.5, 0.6) is 0 Å². The third-order valence-electron chi connectivity index (χ3n) is 4.65. The molecule has 0 aliphatic carbocycles. The van der Waals surface area contributed by atoms with E-state index in [2.05, 4.69) is 52.9 Å². The molecule has 4 N–H and O–H groups in total. The lowest BCUT2D eigenvalue weighted by Crippen LogP contribution is -2.31. The zero-order valence-electron chi connectivity index (χ0n) is 15.2. The van der Waals surface area contributed by atoms with E-state index in [1.165, 1.54) is 11.1 Å². The highest BCUT2D eigenvalue weighted by atomic mass is 32.1. The van der Waals surface area contributed by atoms with Gasteiger partial charge in [-0.05, 0) is 42.2 Å². The number of nitrogens with two attached hydrogens (primary N) is 1. The molecular weight excluding hydrogens is 356 g/mol. The zero-order valence-corrected chi connectivity index (χ0v) is 16.0. The Labute approximate surface area is 162 Å². The van der Waals surface area contributed by atoms with Gasteiger partial charge in [-0.25, -0.2) is 4.98 Å². The number of aromatic nitrogens is 1. The molecule has 5 nitrogen and oxygen atoms in total. The second-order valence-corrected chi connectivity index (χ2v) is 7.99. The lowest BCUT2D eigenvalue weighted by molar-refractivity contribution is -0.115. The largest absolute Gasteiger partial charge is 0.360 e. The van der Waals surface area contributed by atoms with Crippen LogP contribution < -0.4 is 16.4 Å². The van der Waals surface area contributed by atoms with Crippen molar-refractivity contribution in [2.45, 2.75) is 25.8 Å². The van der Waals surface area contributed by atoms with Crippen molar-refractivity contribution in [1.82, 2.24) is 4.98 Å². The average Bonchev–Trinajstić information content (AvgIpc) is 3.26. The molecular formula is C21H22N4OS. The number of benzene rings is 2. The van der Waals surface area contributed by atoms with E-state index in [9.17, 15) is 4.79 Å². The van der Waals surface area contributed by atoms with E-state index in [0.29, 0.717) is 13.0 Å². The third-order valence-corrected chi connectivity index (χ3v) is 5.66. The van der Waals surface area contributed by atoms with Gasteiger partial charge in [-0.1, -0.05) is 47.2 Å². The Morgan fingerprint density at radius 2 is 2.07 bits per heavy atom. The number of nitrogens with zero attached hydrogens (tertiary/aromatic N) is 1. The van der Waals surface area contributed by atoms with Crippen LogP contribution in [0.4, 0.5) is 10.8 Å². The Balaban J connectivity index is 1.36. The summed E-state index contributed by atoms with van der Waals surface area (Å²) in [5.41, 5.74) is 11.8. The highest BCUT2D eigenvalue weighted by Gasteiger charge is 2.18. The van der Waals surface area contributed by atoms with Crippen molar-refractivity contribution in [3.05, 3.63) is 65.4 Å². The van der Waals surface area contributed by atoms with Crippen LogP contribution in [-0.4, -0.2) is 23.5 Å². The van der Waals surface area contributed by atoms with Gasteiger partial charge in [0.15, 0.2) is 5.13 Å². The molecule has 0 saturated carbocycles. The summed E-state index contributed by atoms with van der Waals surface area (Å²) in [5, 5.41) is 7.06. The van der Waals surface area contributed by atoms with Crippen LogP contribution in [0.15, 0.2) is 48.7 Å². The van der Waals surface area contributed by atoms with Crippen molar-refractivity contribution >= 4 is 28.1 Å². The van der Waals surface area contributed by atoms with Crippen molar-refractivity contribution in [1.29, 1.82) is 0 Å². The number of nitrogens with one attached hydrogen (secondary N) is 2. The predicted molar refractivity (Wildman–Crippen MR) is 111 cm³/mol. The summed E-state index contributed by atoms with van der Waals surface area (Å²) in [6, 6.07) is 14.6. The van der Waals surface area contributed by atoms with Gasteiger partial charge >= 0.3 is 0 Å². The van der Waals surface area contributed by atoms with Crippen LogP contribution >= 0.6 is 11.3 Å². The van der Waals surface area contributed by atoms with Crippen LogP contribution in [0.3, 0.4) is 0 Å². The number of carbonyl (C=O) groups is 1. The molecule has 0 spiro atoms. The van der Waals surface area contributed by atoms with Crippen molar-refractivity contribution < 1.29 is 4.79 Å². The number of carbonyl (C=O) groups excluding carboxylic acids is 1. The number of thiazole rings is 1. The number of fused-ring (bicyclic) bond motifs is 1. The molecule has 1 amide bonds. The van der Waals surface area contributed by atoms with E-state index in [1.54, 1.807) is 11.3 Å². The Kier molecular flexibility index (Phi) is 4.92. The zero-order chi connectivity index (χ0) is 18.8. The monoisotopic (exact) mass is 378 g/mol. The van der Waals surface area contributed by atoms with E-state index in [4.69, 9.17) is 5.73 Å².